The van der Waals surface area contributed by atoms with Crippen LogP contribution in [0, 0.1) is 0 Å². The van der Waals surface area contributed by atoms with Crippen LogP contribution in [0.15, 0.2) is 40.1 Å². The summed E-state index contributed by atoms with van der Waals surface area (Å²) in [5.74, 6) is 0.213. The predicted molar refractivity (Wildman–Crippen MR) is 99.3 cm³/mol. The molecule has 4 atom stereocenters. The molecule has 28 heavy (non-hydrogen) atoms. The highest BCUT2D eigenvalue weighted by Gasteiger charge is 2.29. The molecule has 2 rings (SSSR count). The van der Waals surface area contributed by atoms with Crippen LogP contribution in [-0.2, 0) is 4.79 Å². The van der Waals surface area contributed by atoms with Gasteiger partial charge in [0.05, 0.1) is 19.9 Å². The number of carbonyl (C=O) groups excluding carboxylic acids is 1. The van der Waals surface area contributed by atoms with Crippen LogP contribution in [0.3, 0.4) is 0 Å². The topological polar surface area (TPSA) is 176 Å². The van der Waals surface area contributed by atoms with E-state index in [-0.39, 0.29) is 11.7 Å². The molecule has 1 aromatic rings. The Morgan fingerprint density at radius 1 is 1.21 bits per heavy atom. The van der Waals surface area contributed by atoms with Crippen LogP contribution < -0.4 is 15.5 Å². The summed E-state index contributed by atoms with van der Waals surface area (Å²) in [6.07, 6.45) is -4.41. The molecule has 7 N–H and O–H groups in total. The fourth-order valence-corrected chi connectivity index (χ4v) is 2.18. The standard InChI is InChI=1S/C17H22N4O7/c1-28-10-4-2-9(3-5-10)6-11-16(27)20-17(19-11)21-18-7-12(23)14(25)15(26)13(24)8-22/h2-7,12-15,22-26H,8H2,1H3,(H2,19,20,21,27). The molecule has 1 amide bonds. The number of nitrogens with zero attached hydrogens (tertiary/aromatic N) is 2. The van der Waals surface area contributed by atoms with Crippen LogP contribution in [0.25, 0.3) is 6.08 Å². The summed E-state index contributed by atoms with van der Waals surface area (Å²) in [4.78, 5) is 15.9. The lowest BCUT2D eigenvalue weighted by atomic mass is 10.0. The lowest BCUT2D eigenvalue weighted by Gasteiger charge is -2.23. The van der Waals surface area contributed by atoms with Crippen molar-refractivity contribution in [2.75, 3.05) is 13.7 Å². The number of nitrogens with one attached hydrogen (secondary N) is 2. The molecule has 1 aliphatic heterocycles. The van der Waals surface area contributed by atoms with Gasteiger partial charge in [-0.2, -0.15) is 5.10 Å². The first kappa shape index (κ1) is 21.5. The maximum Gasteiger partial charge on any atom is 0.276 e. The number of aliphatic hydroxyl groups excluding tert-OH is 5. The summed E-state index contributed by atoms with van der Waals surface area (Å²) >= 11 is 0. The molecule has 1 heterocycles. The number of hydrogen-bond donors (Lipinski definition) is 7. The number of benzene rings is 1. The Labute approximate surface area is 160 Å². The summed E-state index contributed by atoms with van der Waals surface area (Å²) in [5.41, 5.74) is 3.24. The van der Waals surface area contributed by atoms with Crippen molar-refractivity contribution >= 4 is 24.2 Å². The van der Waals surface area contributed by atoms with Gasteiger partial charge in [-0.25, -0.2) is 10.4 Å². The van der Waals surface area contributed by atoms with Crippen molar-refractivity contribution in [3.63, 3.8) is 0 Å². The van der Waals surface area contributed by atoms with Crippen molar-refractivity contribution in [1.82, 2.24) is 10.7 Å². The second-order valence-corrected chi connectivity index (χ2v) is 5.83. The molecule has 1 aromatic carbocycles. The molecular formula is C17H22N4O7. The first-order valence-electron chi connectivity index (χ1n) is 8.23. The molecule has 0 spiro atoms. The van der Waals surface area contributed by atoms with Gasteiger partial charge in [-0.15, -0.1) is 0 Å². The Balaban J connectivity index is 1.97. The van der Waals surface area contributed by atoms with Crippen LogP contribution in [0.1, 0.15) is 5.56 Å². The number of rotatable bonds is 8. The van der Waals surface area contributed by atoms with E-state index < -0.39 is 36.9 Å². The van der Waals surface area contributed by atoms with Gasteiger partial charge in [0.1, 0.15) is 35.9 Å². The largest absolute Gasteiger partial charge is 0.497 e. The monoisotopic (exact) mass is 394 g/mol. The van der Waals surface area contributed by atoms with Gasteiger partial charge in [0.15, 0.2) is 0 Å². The minimum Gasteiger partial charge on any atom is -0.497 e. The van der Waals surface area contributed by atoms with Crippen molar-refractivity contribution in [1.29, 1.82) is 0 Å². The van der Waals surface area contributed by atoms with Crippen molar-refractivity contribution in [3.8, 4) is 5.75 Å². The van der Waals surface area contributed by atoms with Crippen LogP contribution >= 0.6 is 0 Å². The van der Waals surface area contributed by atoms with E-state index in [1.54, 1.807) is 37.5 Å². The minimum absolute atomic E-state index is 0.00126. The molecule has 0 saturated carbocycles. The highest BCUT2D eigenvalue weighted by Crippen LogP contribution is 2.15. The number of aliphatic imine (C=N–C) groups is 1. The zero-order valence-corrected chi connectivity index (χ0v) is 14.9. The van der Waals surface area contributed by atoms with Crippen LogP contribution in [0.4, 0.5) is 0 Å². The second-order valence-electron chi connectivity index (χ2n) is 5.83. The number of ether oxygens (including phenoxy) is 1. The van der Waals surface area contributed by atoms with Crippen molar-refractivity contribution in [3.05, 3.63) is 35.5 Å². The normalized spacial score (nSPS) is 19.9. The van der Waals surface area contributed by atoms with E-state index in [1.807, 2.05) is 0 Å². The number of amides is 1. The molecule has 0 saturated heterocycles. The third-order valence-corrected chi connectivity index (χ3v) is 3.79. The van der Waals surface area contributed by atoms with E-state index in [9.17, 15) is 25.2 Å². The van der Waals surface area contributed by atoms with Crippen molar-refractivity contribution < 1.29 is 35.1 Å². The van der Waals surface area contributed by atoms with E-state index in [2.05, 4.69) is 20.8 Å². The highest BCUT2D eigenvalue weighted by atomic mass is 16.5. The maximum absolute atomic E-state index is 11.9. The summed E-state index contributed by atoms with van der Waals surface area (Å²) in [7, 11) is 1.55. The highest BCUT2D eigenvalue weighted by molar-refractivity contribution is 6.13. The average Bonchev–Trinajstić information content (AvgIpc) is 3.05. The summed E-state index contributed by atoms with van der Waals surface area (Å²) in [6.45, 7) is -0.785. The van der Waals surface area contributed by atoms with Gasteiger partial charge in [-0.3, -0.25) is 10.1 Å². The number of guanidine groups is 1. The third kappa shape index (κ3) is 5.58. The van der Waals surface area contributed by atoms with E-state index in [0.29, 0.717) is 5.75 Å². The average molecular weight is 394 g/mol. The van der Waals surface area contributed by atoms with Gasteiger partial charge in [0, 0.05) is 0 Å². The van der Waals surface area contributed by atoms with E-state index in [1.165, 1.54) is 0 Å². The number of hydrazone groups is 1. The molecule has 0 aliphatic carbocycles. The maximum atomic E-state index is 11.9. The van der Waals surface area contributed by atoms with E-state index >= 15 is 0 Å². The number of hydrogen-bond acceptors (Lipinski definition) is 10. The lowest BCUT2D eigenvalue weighted by Crippen LogP contribution is -2.46. The fraction of sp³-hybridized carbons (Fsp3) is 0.353. The zero-order chi connectivity index (χ0) is 20.7. The van der Waals surface area contributed by atoms with Crippen molar-refractivity contribution in [2.24, 2.45) is 10.1 Å². The Bertz CT molecular complexity index is 763. The summed E-state index contributed by atoms with van der Waals surface area (Å²) < 4.78 is 5.06. The molecule has 1 aliphatic rings. The first-order chi connectivity index (χ1) is 13.3. The molecule has 4 unspecified atom stereocenters. The fourth-order valence-electron chi connectivity index (χ4n) is 2.18. The van der Waals surface area contributed by atoms with E-state index in [0.717, 1.165) is 11.8 Å². The quantitative estimate of drug-likeness (QED) is 0.144. The smallest absolute Gasteiger partial charge is 0.276 e. The minimum atomic E-state index is -1.78. The molecule has 11 nitrogen and oxygen atoms in total. The number of methoxy groups -OCH3 is 1. The van der Waals surface area contributed by atoms with Gasteiger partial charge in [-0.1, -0.05) is 12.1 Å². The van der Waals surface area contributed by atoms with Gasteiger partial charge in [-0.05, 0) is 23.8 Å². The van der Waals surface area contributed by atoms with Crippen LogP contribution in [0.2, 0.25) is 0 Å². The SMILES string of the molecule is COc1ccc(C=C2N=C(NN=CC(O)C(O)C(O)C(O)CO)NC2=O)cc1. The first-order valence-corrected chi connectivity index (χ1v) is 8.23. The van der Waals surface area contributed by atoms with Gasteiger partial charge in [0.2, 0.25) is 5.96 Å². The summed E-state index contributed by atoms with van der Waals surface area (Å²) in [5, 5.41) is 52.9. The zero-order valence-electron chi connectivity index (χ0n) is 14.9. The van der Waals surface area contributed by atoms with E-state index in [4.69, 9.17) is 9.84 Å². The Kier molecular flexibility index (Phi) is 7.61. The second kappa shape index (κ2) is 9.92. The Hall–Kier alpha value is -2.83. The predicted octanol–water partition coefficient (Wildman–Crippen LogP) is -2.47. The third-order valence-electron chi connectivity index (χ3n) is 3.79. The number of carbonyl (C=O) groups is 1. The van der Waals surface area contributed by atoms with Crippen molar-refractivity contribution in [2.45, 2.75) is 24.4 Å². The molecule has 0 fully saturated rings. The van der Waals surface area contributed by atoms with Crippen LogP contribution in [0.5, 0.6) is 5.75 Å². The molecule has 0 aromatic heterocycles. The molecule has 11 heteroatoms. The molecule has 0 radical (unpaired) electrons. The Morgan fingerprint density at radius 3 is 2.50 bits per heavy atom. The number of aliphatic hydroxyl groups is 5. The Morgan fingerprint density at radius 2 is 1.89 bits per heavy atom. The van der Waals surface area contributed by atoms with Gasteiger partial charge in [0.25, 0.3) is 5.91 Å². The molecular weight excluding hydrogens is 372 g/mol. The van der Waals surface area contributed by atoms with Gasteiger partial charge >= 0.3 is 0 Å². The lowest BCUT2D eigenvalue weighted by molar-refractivity contribution is -0.115. The summed E-state index contributed by atoms with van der Waals surface area (Å²) in [6, 6.07) is 6.98. The molecule has 152 valence electrons. The van der Waals surface area contributed by atoms with Crippen LogP contribution in [-0.4, -0.2) is 81.7 Å². The molecule has 0 bridgehead atoms. The van der Waals surface area contributed by atoms with Gasteiger partial charge < -0.3 is 30.3 Å².